The predicted octanol–water partition coefficient (Wildman–Crippen LogP) is -0.402. The van der Waals surface area contributed by atoms with E-state index in [9.17, 15) is 0 Å². The van der Waals surface area contributed by atoms with Crippen molar-refractivity contribution >= 4 is 0 Å². The van der Waals surface area contributed by atoms with Crippen LogP contribution in [0, 0.1) is 0 Å². The van der Waals surface area contributed by atoms with Gasteiger partial charge in [0.05, 0.1) is 6.61 Å². The van der Waals surface area contributed by atoms with Gasteiger partial charge in [0.15, 0.2) is 0 Å². The van der Waals surface area contributed by atoms with Gasteiger partial charge in [0.2, 0.25) is 0 Å². The van der Waals surface area contributed by atoms with E-state index in [-0.39, 0.29) is 0 Å². The smallest absolute Gasteiger partial charge is 0.0589 e. The third kappa shape index (κ3) is 3.53. The third-order valence-electron chi connectivity index (χ3n) is 2.88. The van der Waals surface area contributed by atoms with E-state index >= 15 is 0 Å². The Morgan fingerprint density at radius 3 is 2.71 bits per heavy atom. The lowest BCUT2D eigenvalue weighted by Gasteiger charge is -2.39. The number of piperazine rings is 1. The van der Waals surface area contributed by atoms with E-state index in [0.717, 1.165) is 45.9 Å². The van der Waals surface area contributed by atoms with Crippen molar-refractivity contribution in [1.29, 1.82) is 0 Å². The topological polar surface area (TPSA) is 41.7 Å². The van der Waals surface area contributed by atoms with E-state index in [1.807, 2.05) is 0 Å². The summed E-state index contributed by atoms with van der Waals surface area (Å²) in [4.78, 5) is 4.92. The maximum atomic E-state index is 5.54. The molecule has 1 rings (SSSR count). The molecule has 1 heterocycles. The first kappa shape index (κ1) is 11.9. The molecular weight excluding hydrogens is 178 g/mol. The van der Waals surface area contributed by atoms with Gasteiger partial charge in [-0.2, -0.15) is 0 Å². The van der Waals surface area contributed by atoms with E-state index in [1.165, 1.54) is 0 Å². The zero-order chi connectivity index (χ0) is 10.4. The van der Waals surface area contributed by atoms with Crippen LogP contribution in [0.4, 0.5) is 0 Å². The van der Waals surface area contributed by atoms with Gasteiger partial charge in [-0.1, -0.05) is 0 Å². The van der Waals surface area contributed by atoms with Gasteiger partial charge in [-0.25, -0.2) is 0 Å². The van der Waals surface area contributed by atoms with Crippen molar-refractivity contribution in [3.8, 4) is 0 Å². The molecule has 4 nitrogen and oxygen atoms in total. The first-order valence-corrected chi connectivity index (χ1v) is 5.43. The van der Waals surface area contributed by atoms with Gasteiger partial charge in [-0.15, -0.1) is 0 Å². The Hall–Kier alpha value is -0.160. The monoisotopic (exact) mass is 201 g/mol. The minimum atomic E-state index is 0.630. The van der Waals surface area contributed by atoms with Crippen molar-refractivity contribution in [1.82, 2.24) is 9.80 Å². The molecule has 84 valence electrons. The fourth-order valence-corrected chi connectivity index (χ4v) is 2.00. The Kier molecular flexibility index (Phi) is 5.40. The van der Waals surface area contributed by atoms with Crippen LogP contribution in [-0.4, -0.2) is 68.8 Å². The van der Waals surface area contributed by atoms with Gasteiger partial charge in [0.25, 0.3) is 0 Å². The molecule has 0 amide bonds. The highest BCUT2D eigenvalue weighted by Crippen LogP contribution is 2.08. The Balaban J connectivity index is 2.24. The summed E-state index contributed by atoms with van der Waals surface area (Å²) in [6.07, 6.45) is 0. The standard InChI is InChI=1S/C10H23N3O/c1-10-9-12(4-3-11)5-6-13(10)7-8-14-2/h10H,3-9,11H2,1-2H3. The van der Waals surface area contributed by atoms with Gasteiger partial charge in [-0.3, -0.25) is 9.80 Å². The second-order valence-electron chi connectivity index (χ2n) is 3.97. The zero-order valence-corrected chi connectivity index (χ0v) is 9.41. The van der Waals surface area contributed by atoms with Crippen molar-refractivity contribution in [2.75, 3.05) is 53.0 Å². The summed E-state index contributed by atoms with van der Waals surface area (Å²) in [6.45, 7) is 9.39. The van der Waals surface area contributed by atoms with Gasteiger partial charge >= 0.3 is 0 Å². The van der Waals surface area contributed by atoms with E-state index in [2.05, 4.69) is 16.7 Å². The van der Waals surface area contributed by atoms with Gasteiger partial charge < -0.3 is 10.5 Å². The molecule has 0 aromatic heterocycles. The second-order valence-corrected chi connectivity index (χ2v) is 3.97. The van der Waals surface area contributed by atoms with Crippen molar-refractivity contribution < 1.29 is 4.74 Å². The molecule has 1 aliphatic rings. The summed E-state index contributed by atoms with van der Waals surface area (Å²) in [5.41, 5.74) is 5.54. The molecule has 14 heavy (non-hydrogen) atoms. The molecule has 0 aliphatic carbocycles. The van der Waals surface area contributed by atoms with E-state index < -0.39 is 0 Å². The first-order valence-electron chi connectivity index (χ1n) is 5.43. The normalized spacial score (nSPS) is 25.5. The minimum absolute atomic E-state index is 0.630. The molecule has 1 saturated heterocycles. The molecule has 2 N–H and O–H groups in total. The molecule has 0 radical (unpaired) electrons. The summed E-state index contributed by atoms with van der Waals surface area (Å²) in [5, 5.41) is 0. The van der Waals surface area contributed by atoms with Crippen LogP contribution in [0.15, 0.2) is 0 Å². The molecule has 0 bridgehead atoms. The molecule has 1 aliphatic heterocycles. The second kappa shape index (κ2) is 6.35. The Morgan fingerprint density at radius 1 is 1.36 bits per heavy atom. The number of rotatable bonds is 5. The maximum absolute atomic E-state index is 5.54. The molecule has 0 aromatic rings. The zero-order valence-electron chi connectivity index (χ0n) is 9.41. The number of hydrogen-bond acceptors (Lipinski definition) is 4. The van der Waals surface area contributed by atoms with Crippen molar-refractivity contribution in [2.24, 2.45) is 5.73 Å². The summed E-state index contributed by atoms with van der Waals surface area (Å²) >= 11 is 0. The molecular formula is C10H23N3O. The number of nitrogens with two attached hydrogens (primary N) is 1. The van der Waals surface area contributed by atoms with E-state index in [0.29, 0.717) is 6.04 Å². The largest absolute Gasteiger partial charge is 0.383 e. The van der Waals surface area contributed by atoms with Crippen LogP contribution in [0.25, 0.3) is 0 Å². The van der Waals surface area contributed by atoms with Crippen LogP contribution in [-0.2, 0) is 4.74 Å². The quantitative estimate of drug-likeness (QED) is 0.657. The van der Waals surface area contributed by atoms with Crippen molar-refractivity contribution in [2.45, 2.75) is 13.0 Å². The lowest BCUT2D eigenvalue weighted by molar-refractivity contribution is 0.0604. The Bertz CT molecular complexity index is 154. The van der Waals surface area contributed by atoms with Gasteiger partial charge in [0, 0.05) is 52.4 Å². The van der Waals surface area contributed by atoms with Crippen molar-refractivity contribution in [3.05, 3.63) is 0 Å². The van der Waals surface area contributed by atoms with Gasteiger partial charge in [0.1, 0.15) is 0 Å². The average Bonchev–Trinajstić information content (AvgIpc) is 2.17. The Morgan fingerprint density at radius 2 is 2.14 bits per heavy atom. The number of ether oxygens (including phenoxy) is 1. The third-order valence-corrected chi connectivity index (χ3v) is 2.88. The summed E-state index contributed by atoms with van der Waals surface area (Å²) < 4.78 is 5.09. The van der Waals surface area contributed by atoms with E-state index in [1.54, 1.807) is 7.11 Å². The van der Waals surface area contributed by atoms with Crippen LogP contribution >= 0.6 is 0 Å². The maximum Gasteiger partial charge on any atom is 0.0589 e. The Labute approximate surface area is 87.0 Å². The highest BCUT2D eigenvalue weighted by molar-refractivity contribution is 4.78. The highest BCUT2D eigenvalue weighted by atomic mass is 16.5. The molecule has 0 spiro atoms. The van der Waals surface area contributed by atoms with Crippen LogP contribution in [0.1, 0.15) is 6.92 Å². The van der Waals surface area contributed by atoms with Crippen LogP contribution in [0.2, 0.25) is 0 Å². The molecule has 4 heteroatoms. The van der Waals surface area contributed by atoms with Gasteiger partial charge in [-0.05, 0) is 6.92 Å². The van der Waals surface area contributed by atoms with E-state index in [4.69, 9.17) is 10.5 Å². The van der Waals surface area contributed by atoms with Crippen LogP contribution in [0.3, 0.4) is 0 Å². The first-order chi connectivity index (χ1) is 6.77. The summed E-state index contributed by atoms with van der Waals surface area (Å²) in [7, 11) is 1.76. The number of hydrogen-bond donors (Lipinski definition) is 1. The van der Waals surface area contributed by atoms with Crippen molar-refractivity contribution in [3.63, 3.8) is 0 Å². The molecule has 1 unspecified atom stereocenters. The summed E-state index contributed by atoms with van der Waals surface area (Å²) in [6, 6.07) is 0.630. The molecule has 1 fully saturated rings. The number of nitrogens with zero attached hydrogens (tertiary/aromatic N) is 2. The molecule has 0 aromatic carbocycles. The number of methoxy groups -OCH3 is 1. The lowest BCUT2D eigenvalue weighted by atomic mass is 10.2. The van der Waals surface area contributed by atoms with Crippen LogP contribution in [0.5, 0.6) is 0 Å². The molecule has 0 saturated carbocycles. The summed E-state index contributed by atoms with van der Waals surface area (Å²) in [5.74, 6) is 0. The fraction of sp³-hybridized carbons (Fsp3) is 1.00. The van der Waals surface area contributed by atoms with Crippen LogP contribution < -0.4 is 5.73 Å². The SMILES string of the molecule is COCCN1CCN(CCN)CC1C. The fourth-order valence-electron chi connectivity index (χ4n) is 2.00. The average molecular weight is 201 g/mol. The lowest BCUT2D eigenvalue weighted by Crippen LogP contribution is -2.53. The predicted molar refractivity (Wildman–Crippen MR) is 58.4 cm³/mol. The minimum Gasteiger partial charge on any atom is -0.383 e. The highest BCUT2D eigenvalue weighted by Gasteiger charge is 2.22. The molecule has 1 atom stereocenters.